The molecule has 0 fully saturated rings. The zero-order valence-electron chi connectivity index (χ0n) is 8.18. The summed E-state index contributed by atoms with van der Waals surface area (Å²) in [6.07, 6.45) is 4.06. The highest BCUT2D eigenvalue weighted by Gasteiger charge is 1.85. The standard InChI is InChI=1S/C10H7.C4H3O/c1-2-6-10-8-4-3-7-9(10)5-1;1-2-4-5-3-1/h1-7H;1-3H. The monoisotopic (exact) mass is 194 g/mol. The van der Waals surface area contributed by atoms with Gasteiger partial charge in [0.05, 0.1) is 6.26 Å². The topological polar surface area (TPSA) is 13.1 Å². The van der Waals surface area contributed by atoms with Gasteiger partial charge in [-0.25, -0.2) is 0 Å². The van der Waals surface area contributed by atoms with Crippen LogP contribution in [0.1, 0.15) is 0 Å². The largest absolute Gasteiger partial charge is 0.461 e. The Labute approximate surface area is 89.0 Å². The minimum Gasteiger partial charge on any atom is -0.461 e. The lowest BCUT2D eigenvalue weighted by Crippen LogP contribution is -1.67. The Hall–Kier alpha value is -2.02. The SMILES string of the molecule is [c]1cccc2ccccc12.[c]1ccco1. The first kappa shape index (κ1) is 9.53. The van der Waals surface area contributed by atoms with Gasteiger partial charge in [0, 0.05) is 0 Å². The molecular weight excluding hydrogens is 184 g/mol. The molecule has 0 aliphatic rings. The van der Waals surface area contributed by atoms with Gasteiger partial charge in [-0.3, -0.25) is 0 Å². The predicted octanol–water partition coefficient (Wildman–Crippen LogP) is 3.72. The molecule has 0 aliphatic carbocycles. The van der Waals surface area contributed by atoms with Crippen LogP contribution in [0.25, 0.3) is 10.8 Å². The zero-order chi connectivity index (χ0) is 10.3. The fraction of sp³-hybridized carbons (Fsp3) is 0. The van der Waals surface area contributed by atoms with Crippen LogP contribution in [0.3, 0.4) is 0 Å². The first-order chi connectivity index (χ1) is 7.47. The minimum atomic E-state index is 1.19. The van der Waals surface area contributed by atoms with E-state index in [2.05, 4.69) is 34.9 Å². The highest BCUT2D eigenvalue weighted by molar-refractivity contribution is 5.81. The summed E-state index contributed by atoms with van der Waals surface area (Å²) in [5, 5.41) is 2.44. The molecule has 0 spiro atoms. The Morgan fingerprint density at radius 2 is 1.73 bits per heavy atom. The second-order valence-corrected chi connectivity index (χ2v) is 2.99. The summed E-state index contributed by atoms with van der Waals surface area (Å²) in [5.74, 6) is 0. The number of fused-ring (bicyclic) bond motifs is 1. The first-order valence-electron chi connectivity index (χ1n) is 4.72. The Morgan fingerprint density at radius 1 is 0.867 bits per heavy atom. The lowest BCUT2D eigenvalue weighted by atomic mass is 10.1. The van der Waals surface area contributed by atoms with Crippen molar-refractivity contribution in [3.05, 3.63) is 73.2 Å². The van der Waals surface area contributed by atoms with E-state index in [1.807, 2.05) is 24.3 Å². The van der Waals surface area contributed by atoms with Gasteiger partial charge in [-0.15, -0.1) is 0 Å². The molecule has 1 nitrogen and oxygen atoms in total. The van der Waals surface area contributed by atoms with Gasteiger partial charge in [0.2, 0.25) is 0 Å². The van der Waals surface area contributed by atoms with Crippen LogP contribution >= 0.6 is 0 Å². The molecule has 0 atom stereocenters. The van der Waals surface area contributed by atoms with Gasteiger partial charge in [0.15, 0.2) is 6.26 Å². The maximum atomic E-state index is 4.46. The summed E-state index contributed by atoms with van der Waals surface area (Å²) in [4.78, 5) is 0. The molecule has 3 rings (SSSR count). The van der Waals surface area contributed by atoms with Crippen molar-refractivity contribution in [1.82, 2.24) is 0 Å². The number of benzene rings is 2. The molecule has 0 saturated carbocycles. The first-order valence-corrected chi connectivity index (χ1v) is 4.72. The van der Waals surface area contributed by atoms with Crippen LogP contribution in [-0.4, -0.2) is 0 Å². The van der Waals surface area contributed by atoms with Crippen molar-refractivity contribution in [2.24, 2.45) is 0 Å². The van der Waals surface area contributed by atoms with Gasteiger partial charge < -0.3 is 4.42 Å². The highest BCUT2D eigenvalue weighted by atomic mass is 16.3. The van der Waals surface area contributed by atoms with Crippen LogP contribution in [-0.2, 0) is 0 Å². The Balaban J connectivity index is 0.000000144. The molecule has 0 bridgehead atoms. The number of hydrogen-bond acceptors (Lipinski definition) is 1. The van der Waals surface area contributed by atoms with E-state index in [9.17, 15) is 0 Å². The molecule has 2 aromatic carbocycles. The Bertz CT molecular complexity index is 415. The molecule has 0 aliphatic heterocycles. The molecule has 15 heavy (non-hydrogen) atoms. The van der Waals surface area contributed by atoms with Crippen LogP contribution in [0.2, 0.25) is 0 Å². The summed E-state index contributed by atoms with van der Waals surface area (Å²) in [7, 11) is 0. The van der Waals surface area contributed by atoms with Crippen LogP contribution < -0.4 is 0 Å². The van der Waals surface area contributed by atoms with Crippen molar-refractivity contribution >= 4 is 10.8 Å². The van der Waals surface area contributed by atoms with E-state index in [1.165, 1.54) is 10.8 Å². The maximum absolute atomic E-state index is 4.46. The Morgan fingerprint density at radius 3 is 2.40 bits per heavy atom. The molecule has 1 heterocycles. The lowest BCUT2D eigenvalue weighted by Gasteiger charge is -1.91. The van der Waals surface area contributed by atoms with E-state index >= 15 is 0 Å². The fourth-order valence-electron chi connectivity index (χ4n) is 1.26. The van der Waals surface area contributed by atoms with Crippen LogP contribution in [0.15, 0.2) is 65.3 Å². The van der Waals surface area contributed by atoms with E-state index in [0.717, 1.165) is 0 Å². The average Bonchev–Trinajstić information content (AvgIpc) is 2.88. The van der Waals surface area contributed by atoms with E-state index in [0.29, 0.717) is 0 Å². The second-order valence-electron chi connectivity index (χ2n) is 2.99. The van der Waals surface area contributed by atoms with Gasteiger partial charge in [0.1, 0.15) is 0 Å². The summed E-state index contributed by atoms with van der Waals surface area (Å²) in [6, 6.07) is 20.9. The summed E-state index contributed by atoms with van der Waals surface area (Å²) < 4.78 is 4.46. The highest BCUT2D eigenvalue weighted by Crippen LogP contribution is 2.10. The maximum Gasteiger partial charge on any atom is 0.169 e. The van der Waals surface area contributed by atoms with Crippen molar-refractivity contribution in [1.29, 1.82) is 0 Å². The quantitative estimate of drug-likeness (QED) is 0.531. The van der Waals surface area contributed by atoms with Crippen molar-refractivity contribution in [2.75, 3.05) is 0 Å². The molecule has 0 N–H and O–H groups in total. The average molecular weight is 194 g/mol. The summed E-state index contributed by atoms with van der Waals surface area (Å²) in [6.45, 7) is 0. The van der Waals surface area contributed by atoms with E-state index in [1.54, 1.807) is 18.4 Å². The second kappa shape index (κ2) is 5.01. The van der Waals surface area contributed by atoms with Crippen molar-refractivity contribution in [2.45, 2.75) is 0 Å². The van der Waals surface area contributed by atoms with Gasteiger partial charge in [-0.1, -0.05) is 42.5 Å². The zero-order valence-corrected chi connectivity index (χ0v) is 8.18. The van der Waals surface area contributed by atoms with Gasteiger partial charge in [-0.05, 0) is 29.0 Å². The van der Waals surface area contributed by atoms with Crippen LogP contribution in [0.5, 0.6) is 0 Å². The molecule has 0 unspecified atom stereocenters. The third-order valence-electron chi connectivity index (χ3n) is 1.95. The van der Waals surface area contributed by atoms with Gasteiger partial charge in [-0.2, -0.15) is 0 Å². The third kappa shape index (κ3) is 2.71. The van der Waals surface area contributed by atoms with E-state index in [-0.39, 0.29) is 0 Å². The fourth-order valence-corrected chi connectivity index (χ4v) is 1.26. The molecule has 1 aromatic heterocycles. The number of furan rings is 1. The van der Waals surface area contributed by atoms with Crippen LogP contribution in [0, 0.1) is 12.3 Å². The number of hydrogen-bond donors (Lipinski definition) is 0. The molecule has 72 valence electrons. The minimum absolute atomic E-state index is 1.19. The van der Waals surface area contributed by atoms with Crippen LogP contribution in [0.4, 0.5) is 0 Å². The number of rotatable bonds is 0. The molecular formula is C14H10O. The Kier molecular flexibility index (Phi) is 3.18. The lowest BCUT2D eigenvalue weighted by molar-refractivity contribution is 0.558. The normalized spacial score (nSPS) is 9.33. The predicted molar refractivity (Wildman–Crippen MR) is 60.3 cm³/mol. The van der Waals surface area contributed by atoms with Crippen molar-refractivity contribution in [3.8, 4) is 0 Å². The smallest absolute Gasteiger partial charge is 0.169 e. The molecule has 0 saturated heterocycles. The molecule has 1 heteroatoms. The van der Waals surface area contributed by atoms with Crippen molar-refractivity contribution < 1.29 is 4.42 Å². The summed E-state index contributed by atoms with van der Waals surface area (Å²) >= 11 is 0. The summed E-state index contributed by atoms with van der Waals surface area (Å²) in [5.41, 5.74) is 0. The molecule has 2 radical (unpaired) electrons. The van der Waals surface area contributed by atoms with Gasteiger partial charge >= 0.3 is 0 Å². The van der Waals surface area contributed by atoms with E-state index < -0.39 is 0 Å². The van der Waals surface area contributed by atoms with Gasteiger partial charge in [0.25, 0.3) is 0 Å². The van der Waals surface area contributed by atoms with Crippen molar-refractivity contribution in [3.63, 3.8) is 0 Å². The van der Waals surface area contributed by atoms with E-state index in [4.69, 9.17) is 0 Å². The molecule has 3 aromatic rings. The molecule has 0 amide bonds. The third-order valence-corrected chi connectivity index (χ3v) is 1.95.